The summed E-state index contributed by atoms with van der Waals surface area (Å²) in [7, 11) is 1.62. The molecule has 68 valence electrons. The molecule has 0 aliphatic heterocycles. The zero-order valence-electron chi connectivity index (χ0n) is 7.79. The molecule has 0 bridgehead atoms. The number of hydrogen-bond donors (Lipinski definition) is 1. The zero-order chi connectivity index (χ0) is 9.52. The van der Waals surface area contributed by atoms with Crippen LogP contribution in [-0.2, 0) is 0 Å². The monoisotopic (exact) mass is 176 g/mol. The van der Waals surface area contributed by atoms with Crippen LogP contribution in [0, 0.1) is 11.8 Å². The van der Waals surface area contributed by atoms with E-state index < -0.39 is 0 Å². The third-order valence-corrected chi connectivity index (χ3v) is 1.51. The lowest BCUT2D eigenvalue weighted by molar-refractivity contribution is 0.413. The van der Waals surface area contributed by atoms with E-state index in [-0.39, 0.29) is 0 Å². The van der Waals surface area contributed by atoms with Crippen LogP contribution in [0.1, 0.15) is 6.92 Å². The van der Waals surface area contributed by atoms with Crippen molar-refractivity contribution in [3.05, 3.63) is 18.3 Å². The van der Waals surface area contributed by atoms with Crippen molar-refractivity contribution in [3.8, 4) is 17.6 Å². The maximum Gasteiger partial charge on any atom is 0.137 e. The standard InChI is InChI=1S/C10H12N2O/c1-3-4-7-11-10-6-5-9(13-2)8-12-10/h5-6,8H,7H2,1-2H3,(H,11,12). The predicted octanol–water partition coefficient (Wildman–Crippen LogP) is 1.53. The SMILES string of the molecule is CC#CCNc1ccc(OC)cn1. The molecule has 0 atom stereocenters. The third kappa shape index (κ3) is 3.04. The number of rotatable bonds is 3. The summed E-state index contributed by atoms with van der Waals surface area (Å²) in [5, 5.41) is 3.06. The van der Waals surface area contributed by atoms with Crippen molar-refractivity contribution in [2.45, 2.75) is 6.92 Å². The smallest absolute Gasteiger partial charge is 0.137 e. The molecule has 0 amide bonds. The number of anilines is 1. The van der Waals surface area contributed by atoms with Crippen LogP contribution in [0.25, 0.3) is 0 Å². The summed E-state index contributed by atoms with van der Waals surface area (Å²) < 4.78 is 4.98. The van der Waals surface area contributed by atoms with Crippen molar-refractivity contribution >= 4 is 5.82 Å². The van der Waals surface area contributed by atoms with Crippen LogP contribution in [0.2, 0.25) is 0 Å². The molecule has 0 saturated carbocycles. The van der Waals surface area contributed by atoms with E-state index in [4.69, 9.17) is 4.74 Å². The summed E-state index contributed by atoms with van der Waals surface area (Å²) in [5.41, 5.74) is 0. The molecule has 0 fully saturated rings. The summed E-state index contributed by atoms with van der Waals surface area (Å²) in [6.07, 6.45) is 1.67. The van der Waals surface area contributed by atoms with E-state index in [1.54, 1.807) is 13.3 Å². The van der Waals surface area contributed by atoms with Gasteiger partial charge in [-0.2, -0.15) is 0 Å². The number of methoxy groups -OCH3 is 1. The molecule has 1 rings (SSSR count). The normalized spacial score (nSPS) is 8.46. The largest absolute Gasteiger partial charge is 0.495 e. The summed E-state index contributed by atoms with van der Waals surface area (Å²) in [5.74, 6) is 7.25. The van der Waals surface area contributed by atoms with E-state index in [2.05, 4.69) is 22.1 Å². The molecular weight excluding hydrogens is 164 g/mol. The number of nitrogens with one attached hydrogen (secondary N) is 1. The Balaban J connectivity index is 2.52. The van der Waals surface area contributed by atoms with Crippen LogP contribution in [-0.4, -0.2) is 18.6 Å². The van der Waals surface area contributed by atoms with Crippen molar-refractivity contribution in [1.29, 1.82) is 0 Å². The minimum Gasteiger partial charge on any atom is -0.495 e. The van der Waals surface area contributed by atoms with E-state index in [9.17, 15) is 0 Å². The number of aromatic nitrogens is 1. The van der Waals surface area contributed by atoms with Crippen molar-refractivity contribution < 1.29 is 4.74 Å². The number of ether oxygens (including phenoxy) is 1. The summed E-state index contributed by atoms with van der Waals surface area (Å²) in [4.78, 5) is 4.12. The number of nitrogens with zero attached hydrogens (tertiary/aromatic N) is 1. The van der Waals surface area contributed by atoms with Gasteiger partial charge < -0.3 is 10.1 Å². The maximum atomic E-state index is 4.98. The molecule has 0 aliphatic rings. The molecule has 0 spiro atoms. The van der Waals surface area contributed by atoms with Gasteiger partial charge in [-0.3, -0.25) is 0 Å². The second kappa shape index (κ2) is 5.04. The Kier molecular flexibility index (Phi) is 3.65. The van der Waals surface area contributed by atoms with Crippen molar-refractivity contribution in [2.75, 3.05) is 19.0 Å². The average Bonchev–Trinajstić information content (AvgIpc) is 2.19. The number of pyridine rings is 1. The quantitative estimate of drug-likeness (QED) is 0.709. The first kappa shape index (κ1) is 9.40. The molecule has 1 aromatic heterocycles. The lowest BCUT2D eigenvalue weighted by Gasteiger charge is -2.02. The van der Waals surface area contributed by atoms with Crippen LogP contribution >= 0.6 is 0 Å². The predicted molar refractivity (Wildman–Crippen MR) is 52.7 cm³/mol. The van der Waals surface area contributed by atoms with Gasteiger partial charge in [0.15, 0.2) is 0 Å². The molecule has 1 heterocycles. The summed E-state index contributed by atoms with van der Waals surface area (Å²) in [6.45, 7) is 2.43. The first-order chi connectivity index (χ1) is 6.36. The highest BCUT2D eigenvalue weighted by Gasteiger charge is 1.92. The third-order valence-electron chi connectivity index (χ3n) is 1.51. The second-order valence-corrected chi connectivity index (χ2v) is 2.36. The van der Waals surface area contributed by atoms with E-state index in [0.29, 0.717) is 6.54 Å². The summed E-state index contributed by atoms with van der Waals surface area (Å²) >= 11 is 0. The lowest BCUT2D eigenvalue weighted by atomic mass is 10.4. The Morgan fingerprint density at radius 1 is 1.54 bits per heavy atom. The molecule has 3 heteroatoms. The highest BCUT2D eigenvalue weighted by Crippen LogP contribution is 2.10. The van der Waals surface area contributed by atoms with E-state index in [0.717, 1.165) is 11.6 Å². The van der Waals surface area contributed by atoms with E-state index in [1.165, 1.54) is 0 Å². The van der Waals surface area contributed by atoms with Gasteiger partial charge in [0.1, 0.15) is 11.6 Å². The van der Waals surface area contributed by atoms with Gasteiger partial charge >= 0.3 is 0 Å². The Bertz CT molecular complexity index is 308. The van der Waals surface area contributed by atoms with E-state index >= 15 is 0 Å². The number of hydrogen-bond acceptors (Lipinski definition) is 3. The van der Waals surface area contributed by atoms with Gasteiger partial charge in [-0.1, -0.05) is 5.92 Å². The average molecular weight is 176 g/mol. The topological polar surface area (TPSA) is 34.1 Å². The Labute approximate surface area is 78.1 Å². The zero-order valence-corrected chi connectivity index (χ0v) is 7.79. The van der Waals surface area contributed by atoms with Crippen LogP contribution in [0.3, 0.4) is 0 Å². The van der Waals surface area contributed by atoms with Crippen molar-refractivity contribution in [2.24, 2.45) is 0 Å². The molecule has 13 heavy (non-hydrogen) atoms. The van der Waals surface area contributed by atoms with Crippen LogP contribution < -0.4 is 10.1 Å². The Morgan fingerprint density at radius 2 is 2.38 bits per heavy atom. The molecule has 0 aromatic carbocycles. The molecule has 0 radical (unpaired) electrons. The van der Waals surface area contributed by atoms with Crippen molar-refractivity contribution in [3.63, 3.8) is 0 Å². The first-order valence-electron chi connectivity index (χ1n) is 4.00. The minimum absolute atomic E-state index is 0.621. The molecule has 1 N–H and O–H groups in total. The first-order valence-corrected chi connectivity index (χ1v) is 4.00. The lowest BCUT2D eigenvalue weighted by Crippen LogP contribution is -2.00. The van der Waals surface area contributed by atoms with Gasteiger partial charge in [0.2, 0.25) is 0 Å². The van der Waals surface area contributed by atoms with Crippen molar-refractivity contribution in [1.82, 2.24) is 4.98 Å². The van der Waals surface area contributed by atoms with Gasteiger partial charge in [-0.15, -0.1) is 5.92 Å². The van der Waals surface area contributed by atoms with Gasteiger partial charge in [0, 0.05) is 0 Å². The molecule has 0 saturated heterocycles. The van der Waals surface area contributed by atoms with Gasteiger partial charge in [0.25, 0.3) is 0 Å². The molecule has 0 unspecified atom stereocenters. The fraction of sp³-hybridized carbons (Fsp3) is 0.300. The van der Waals surface area contributed by atoms with Crippen LogP contribution in [0.5, 0.6) is 5.75 Å². The molecular formula is C10H12N2O. The van der Waals surface area contributed by atoms with Gasteiger partial charge in [0.05, 0.1) is 19.9 Å². The van der Waals surface area contributed by atoms with Gasteiger partial charge in [-0.05, 0) is 19.1 Å². The van der Waals surface area contributed by atoms with Crippen LogP contribution in [0.15, 0.2) is 18.3 Å². The highest BCUT2D eigenvalue weighted by molar-refractivity contribution is 5.38. The molecule has 1 aromatic rings. The van der Waals surface area contributed by atoms with E-state index in [1.807, 2.05) is 19.1 Å². The van der Waals surface area contributed by atoms with Crippen LogP contribution in [0.4, 0.5) is 5.82 Å². The minimum atomic E-state index is 0.621. The Morgan fingerprint density at radius 3 is 2.92 bits per heavy atom. The second-order valence-electron chi connectivity index (χ2n) is 2.36. The fourth-order valence-corrected chi connectivity index (χ4v) is 0.829. The fourth-order valence-electron chi connectivity index (χ4n) is 0.829. The maximum absolute atomic E-state index is 4.98. The van der Waals surface area contributed by atoms with Gasteiger partial charge in [-0.25, -0.2) is 4.98 Å². The Hall–Kier alpha value is -1.69. The summed E-state index contributed by atoms with van der Waals surface area (Å²) in [6, 6.07) is 3.71. The molecule has 3 nitrogen and oxygen atoms in total. The highest BCUT2D eigenvalue weighted by atomic mass is 16.5. The molecule has 0 aliphatic carbocycles.